The second kappa shape index (κ2) is 17.9. The van der Waals surface area contributed by atoms with E-state index < -0.39 is 18.0 Å². The van der Waals surface area contributed by atoms with Crippen LogP contribution in [-0.2, 0) is 31.9 Å². The molecule has 3 fully saturated rings. The van der Waals surface area contributed by atoms with Crippen LogP contribution in [0.5, 0.6) is 0 Å². The van der Waals surface area contributed by atoms with Gasteiger partial charge in [0.05, 0.1) is 18.5 Å². The number of nitrogens with zero attached hydrogens (tertiary/aromatic N) is 5. The SMILES string of the molecule is CCCOC(=O)CCN1CCN(C2CCN(C(=O)[C@@H](Cc3cc(C)c4[nH]c(=O)oc4c3)OC(=O)N3CCC(N4CCc5ccccc5NC4=O)CC3)CC2)CC1. The van der Waals surface area contributed by atoms with Crippen molar-refractivity contribution in [2.45, 2.75) is 83.4 Å². The molecule has 56 heavy (non-hydrogen) atoms. The first kappa shape index (κ1) is 39.3. The lowest BCUT2D eigenvalue weighted by molar-refractivity contribution is -0.144. The van der Waals surface area contributed by atoms with Crippen molar-refractivity contribution in [1.82, 2.24) is 29.5 Å². The summed E-state index contributed by atoms with van der Waals surface area (Å²) in [5, 5.41) is 3.04. The molecule has 2 N–H and O–H groups in total. The number of H-pyrrole nitrogens is 1. The molecule has 5 heterocycles. The molecule has 7 rings (SSSR count). The zero-order valence-electron chi connectivity index (χ0n) is 32.6. The number of oxazole rings is 1. The third kappa shape index (κ3) is 9.38. The van der Waals surface area contributed by atoms with Gasteiger partial charge in [-0.2, -0.15) is 0 Å². The van der Waals surface area contributed by atoms with Gasteiger partial charge in [0.15, 0.2) is 11.7 Å². The lowest BCUT2D eigenvalue weighted by Crippen LogP contribution is -2.55. The number of aryl methyl sites for hydroxylation is 1. The maximum absolute atomic E-state index is 14.3. The fraction of sp³-hybridized carbons (Fsp3) is 0.585. The minimum atomic E-state index is -1.07. The summed E-state index contributed by atoms with van der Waals surface area (Å²) in [4.78, 5) is 78.0. The van der Waals surface area contributed by atoms with Crippen LogP contribution in [-0.4, -0.2) is 144 Å². The van der Waals surface area contributed by atoms with Gasteiger partial charge in [-0.1, -0.05) is 31.2 Å². The van der Waals surface area contributed by atoms with E-state index in [1.54, 1.807) is 11.0 Å². The van der Waals surface area contributed by atoms with Crippen LogP contribution in [0.1, 0.15) is 62.1 Å². The molecule has 15 nitrogen and oxygen atoms in total. The first-order chi connectivity index (χ1) is 27.1. The summed E-state index contributed by atoms with van der Waals surface area (Å²) in [6.45, 7) is 11.1. The fourth-order valence-corrected chi connectivity index (χ4v) is 8.65. The fourth-order valence-electron chi connectivity index (χ4n) is 8.65. The number of ether oxygens (including phenoxy) is 2. The molecule has 3 saturated heterocycles. The number of carbonyl (C=O) groups excluding carboxylic acids is 4. The van der Waals surface area contributed by atoms with E-state index in [1.165, 1.54) is 0 Å². The first-order valence-electron chi connectivity index (χ1n) is 20.3. The van der Waals surface area contributed by atoms with E-state index in [0.717, 1.165) is 74.2 Å². The Morgan fingerprint density at radius 3 is 2.36 bits per heavy atom. The van der Waals surface area contributed by atoms with Crippen molar-refractivity contribution in [3.63, 3.8) is 0 Å². The van der Waals surface area contributed by atoms with Gasteiger partial charge >= 0.3 is 23.8 Å². The Kier molecular flexibility index (Phi) is 12.6. The van der Waals surface area contributed by atoms with E-state index in [2.05, 4.69) is 20.1 Å². The van der Waals surface area contributed by atoms with Crippen LogP contribution >= 0.6 is 0 Å². The van der Waals surface area contributed by atoms with Gasteiger partial charge in [-0.3, -0.25) is 19.5 Å². The average Bonchev–Trinajstić information content (AvgIpc) is 3.51. The molecule has 302 valence electrons. The number of hydrogen-bond acceptors (Lipinski definition) is 10. The largest absolute Gasteiger partial charge is 0.466 e. The molecule has 1 atom stereocenters. The van der Waals surface area contributed by atoms with Crippen LogP contribution in [0.2, 0.25) is 0 Å². The van der Waals surface area contributed by atoms with Crippen molar-refractivity contribution in [2.75, 3.05) is 77.4 Å². The summed E-state index contributed by atoms with van der Waals surface area (Å²) in [6, 6.07) is 11.7. The summed E-state index contributed by atoms with van der Waals surface area (Å²) < 4.78 is 16.7. The molecule has 0 radical (unpaired) electrons. The second-order valence-corrected chi connectivity index (χ2v) is 15.5. The van der Waals surface area contributed by atoms with Crippen LogP contribution in [0.4, 0.5) is 15.3 Å². The van der Waals surface area contributed by atoms with Crippen LogP contribution in [0.15, 0.2) is 45.6 Å². The van der Waals surface area contributed by atoms with Gasteiger partial charge in [0, 0.05) is 89.6 Å². The zero-order valence-corrected chi connectivity index (χ0v) is 32.6. The topological polar surface area (TPSA) is 161 Å². The zero-order chi connectivity index (χ0) is 39.2. The van der Waals surface area contributed by atoms with Crippen molar-refractivity contribution in [3.8, 4) is 0 Å². The molecule has 4 aliphatic rings. The number of likely N-dealkylation sites (tertiary alicyclic amines) is 2. The Balaban J connectivity index is 0.952. The maximum Gasteiger partial charge on any atom is 0.417 e. The number of piperidine rings is 2. The van der Waals surface area contributed by atoms with Crippen molar-refractivity contribution >= 4 is 40.8 Å². The number of aromatic nitrogens is 1. The number of benzene rings is 2. The maximum atomic E-state index is 14.3. The molecule has 3 aromatic rings. The van der Waals surface area contributed by atoms with Crippen molar-refractivity contribution in [3.05, 3.63) is 63.6 Å². The number of piperazine rings is 1. The number of aromatic amines is 1. The van der Waals surface area contributed by atoms with Gasteiger partial charge in [0.2, 0.25) is 0 Å². The summed E-state index contributed by atoms with van der Waals surface area (Å²) in [5.74, 6) is -0.931. The number of rotatable bonds is 11. The number of para-hydroxylation sites is 1. The highest BCUT2D eigenvalue weighted by atomic mass is 16.6. The lowest BCUT2D eigenvalue weighted by atomic mass is 9.99. The van der Waals surface area contributed by atoms with Gasteiger partial charge in [-0.25, -0.2) is 14.4 Å². The molecule has 0 bridgehead atoms. The summed E-state index contributed by atoms with van der Waals surface area (Å²) in [5.41, 5.74) is 4.45. The normalized spacial score (nSPS) is 19.7. The number of fused-ring (bicyclic) bond motifs is 2. The molecule has 0 spiro atoms. The molecule has 1 aromatic heterocycles. The predicted octanol–water partition coefficient (Wildman–Crippen LogP) is 3.98. The van der Waals surface area contributed by atoms with Crippen molar-refractivity contribution in [1.29, 1.82) is 0 Å². The lowest BCUT2D eigenvalue weighted by Gasteiger charge is -2.43. The number of nitrogens with one attached hydrogen (secondary N) is 2. The average molecular weight is 774 g/mol. The van der Waals surface area contributed by atoms with E-state index in [1.807, 2.05) is 54.0 Å². The number of anilines is 1. The van der Waals surface area contributed by atoms with E-state index in [9.17, 15) is 24.0 Å². The van der Waals surface area contributed by atoms with E-state index in [4.69, 9.17) is 13.9 Å². The number of hydrogen-bond donors (Lipinski definition) is 2. The quantitative estimate of drug-likeness (QED) is 0.273. The van der Waals surface area contributed by atoms with Crippen LogP contribution in [0.25, 0.3) is 11.1 Å². The summed E-state index contributed by atoms with van der Waals surface area (Å²) >= 11 is 0. The van der Waals surface area contributed by atoms with Crippen molar-refractivity contribution < 1.29 is 33.1 Å². The Hall–Kier alpha value is -4.89. The number of carbonyl (C=O) groups is 4. The molecule has 4 amide bonds. The van der Waals surface area contributed by atoms with E-state index in [0.29, 0.717) is 82.3 Å². The number of esters is 1. The number of amides is 4. The third-order valence-electron chi connectivity index (χ3n) is 11.8. The van der Waals surface area contributed by atoms with Gasteiger partial charge < -0.3 is 38.8 Å². The molecular formula is C41H55N7O8. The third-order valence-corrected chi connectivity index (χ3v) is 11.8. The Morgan fingerprint density at radius 2 is 1.61 bits per heavy atom. The Labute approximate surface area is 327 Å². The molecule has 2 aromatic carbocycles. The highest BCUT2D eigenvalue weighted by Crippen LogP contribution is 2.27. The van der Waals surface area contributed by atoms with E-state index in [-0.39, 0.29) is 30.4 Å². The molecule has 4 aliphatic heterocycles. The highest BCUT2D eigenvalue weighted by Gasteiger charge is 2.37. The van der Waals surface area contributed by atoms with Gasteiger partial charge in [-0.15, -0.1) is 0 Å². The molecular weight excluding hydrogens is 718 g/mol. The van der Waals surface area contributed by atoms with Crippen LogP contribution < -0.4 is 11.1 Å². The molecule has 0 aliphatic carbocycles. The van der Waals surface area contributed by atoms with Gasteiger partial charge in [0.1, 0.15) is 0 Å². The summed E-state index contributed by atoms with van der Waals surface area (Å²) in [7, 11) is 0. The second-order valence-electron chi connectivity index (χ2n) is 15.5. The molecule has 15 heteroatoms. The standard InChI is InChI=1S/C41H55N7O8/c1-3-24-54-36(49)13-14-44-20-22-45(23-21-44)31-9-15-46(16-10-31)38(50)35(27-29-25-28(2)37-34(26-29)55-40(52)43-37)56-41(53)47-17-11-32(12-18-47)48-19-8-30-6-4-5-7-33(30)42-39(48)51/h4-7,25-26,31-32,35H,3,8-24,27H2,1-2H3,(H,42,51)(H,43,52)/t35-/m1/s1. The number of urea groups is 1. The Morgan fingerprint density at radius 1 is 0.893 bits per heavy atom. The minimum Gasteiger partial charge on any atom is -0.466 e. The van der Waals surface area contributed by atoms with Crippen LogP contribution in [0.3, 0.4) is 0 Å². The van der Waals surface area contributed by atoms with Gasteiger partial charge in [0.25, 0.3) is 5.91 Å². The Bertz CT molecular complexity index is 1920. The van der Waals surface area contributed by atoms with E-state index >= 15 is 0 Å². The van der Waals surface area contributed by atoms with Gasteiger partial charge in [-0.05, 0) is 74.3 Å². The first-order valence-corrected chi connectivity index (χ1v) is 20.3. The summed E-state index contributed by atoms with van der Waals surface area (Å²) in [6.07, 6.45) is 3.35. The molecule has 0 saturated carbocycles. The monoisotopic (exact) mass is 773 g/mol. The molecule has 0 unspecified atom stereocenters. The highest BCUT2D eigenvalue weighted by molar-refractivity contribution is 5.91. The van der Waals surface area contributed by atoms with Crippen molar-refractivity contribution in [2.24, 2.45) is 0 Å². The predicted molar refractivity (Wildman–Crippen MR) is 209 cm³/mol. The minimum absolute atomic E-state index is 0.0184. The van der Waals surface area contributed by atoms with Crippen LogP contribution in [0, 0.1) is 6.92 Å². The smallest absolute Gasteiger partial charge is 0.417 e.